The molecule has 2 unspecified atom stereocenters. The number of carbonyl (C=O) groups is 1. The number of aromatic nitrogens is 5. The third kappa shape index (κ3) is 4.54. The molecule has 0 spiro atoms. The minimum Gasteiger partial charge on any atom is -0.457 e. The number of hydrogen-bond acceptors (Lipinski definition) is 7. The van der Waals surface area contributed by atoms with E-state index < -0.39 is 11.7 Å². The average Bonchev–Trinajstić information content (AvgIpc) is 3.48. The number of fused-ring (bicyclic) bond motifs is 4. The number of pyridine rings is 1. The fourth-order valence-corrected chi connectivity index (χ4v) is 5.97. The fraction of sp³-hybridized carbons (Fsp3) is 0.219. The van der Waals surface area contributed by atoms with E-state index in [1.54, 1.807) is 11.2 Å². The van der Waals surface area contributed by atoms with Gasteiger partial charge in [0.1, 0.15) is 23.3 Å². The topological polar surface area (TPSA) is 98.1 Å². The highest BCUT2D eigenvalue weighted by molar-refractivity contribution is 5.93. The van der Waals surface area contributed by atoms with Crippen LogP contribution in [0.4, 0.5) is 15.9 Å². The SMILES string of the molecule is C=C(F)C(=O)N1C2C=C(c3ccc4ncnc(Nc5ccc(Oc6ccc7c(c6)ncn7C)c(C)c5)c4n3)CC1CC2. The van der Waals surface area contributed by atoms with Gasteiger partial charge < -0.3 is 19.5 Å². The summed E-state index contributed by atoms with van der Waals surface area (Å²) in [5.74, 6) is 0.509. The molecule has 210 valence electrons. The molecule has 9 nitrogen and oxygen atoms in total. The summed E-state index contributed by atoms with van der Waals surface area (Å²) in [6.07, 6.45) is 7.56. The van der Waals surface area contributed by atoms with Crippen LogP contribution in [0.15, 0.2) is 79.7 Å². The molecule has 2 aromatic carbocycles. The third-order valence-electron chi connectivity index (χ3n) is 8.04. The van der Waals surface area contributed by atoms with Crippen LogP contribution in [0.2, 0.25) is 0 Å². The number of nitrogens with one attached hydrogen (secondary N) is 1. The molecular formula is C32H28FN7O2. The maximum absolute atomic E-state index is 13.6. The first kappa shape index (κ1) is 25.8. The predicted molar refractivity (Wildman–Crippen MR) is 159 cm³/mol. The Hall–Kier alpha value is -5.12. The lowest BCUT2D eigenvalue weighted by Gasteiger charge is -2.33. The maximum Gasteiger partial charge on any atom is 0.282 e. The second-order valence-corrected chi connectivity index (χ2v) is 10.8. The minimum absolute atomic E-state index is 0.0632. The van der Waals surface area contributed by atoms with Crippen molar-refractivity contribution in [2.75, 3.05) is 5.32 Å². The molecule has 2 aliphatic heterocycles. The van der Waals surface area contributed by atoms with Crippen LogP contribution in [0.1, 0.15) is 30.5 Å². The van der Waals surface area contributed by atoms with Crippen molar-refractivity contribution in [3.8, 4) is 11.5 Å². The molecule has 2 aliphatic rings. The third-order valence-corrected chi connectivity index (χ3v) is 8.04. The number of anilines is 2. The van der Waals surface area contributed by atoms with Crippen LogP contribution < -0.4 is 10.1 Å². The number of rotatable bonds is 6. The zero-order valence-electron chi connectivity index (χ0n) is 23.2. The van der Waals surface area contributed by atoms with Crippen LogP contribution in [0.25, 0.3) is 27.6 Å². The van der Waals surface area contributed by atoms with Gasteiger partial charge in [-0.15, -0.1) is 0 Å². The van der Waals surface area contributed by atoms with Gasteiger partial charge in [-0.3, -0.25) is 4.79 Å². The first-order valence-electron chi connectivity index (χ1n) is 13.8. The number of hydrogen-bond donors (Lipinski definition) is 1. The van der Waals surface area contributed by atoms with Crippen LogP contribution in [0, 0.1) is 6.92 Å². The van der Waals surface area contributed by atoms with Crippen molar-refractivity contribution in [3.63, 3.8) is 0 Å². The van der Waals surface area contributed by atoms with Gasteiger partial charge in [0.15, 0.2) is 11.6 Å². The molecule has 3 aromatic heterocycles. The summed E-state index contributed by atoms with van der Waals surface area (Å²) in [4.78, 5) is 32.2. The van der Waals surface area contributed by atoms with Crippen molar-refractivity contribution in [2.45, 2.75) is 38.3 Å². The Morgan fingerprint density at radius 3 is 2.76 bits per heavy atom. The zero-order chi connectivity index (χ0) is 29.0. The Morgan fingerprint density at radius 1 is 1.07 bits per heavy atom. The first-order valence-corrected chi connectivity index (χ1v) is 13.8. The summed E-state index contributed by atoms with van der Waals surface area (Å²) in [7, 11) is 1.96. The van der Waals surface area contributed by atoms with E-state index in [0.29, 0.717) is 23.3 Å². The van der Waals surface area contributed by atoms with Gasteiger partial charge in [-0.25, -0.2) is 24.3 Å². The number of benzene rings is 2. The van der Waals surface area contributed by atoms with Gasteiger partial charge in [0.2, 0.25) is 0 Å². The molecule has 0 saturated carbocycles. The summed E-state index contributed by atoms with van der Waals surface area (Å²) in [5.41, 5.74) is 6.89. The monoisotopic (exact) mass is 561 g/mol. The highest BCUT2D eigenvalue weighted by atomic mass is 19.1. The fourth-order valence-electron chi connectivity index (χ4n) is 5.97. The van der Waals surface area contributed by atoms with Crippen LogP contribution in [0.3, 0.4) is 0 Å². The smallest absolute Gasteiger partial charge is 0.282 e. The Morgan fingerprint density at radius 2 is 1.95 bits per heavy atom. The number of imidazole rings is 1. The van der Waals surface area contributed by atoms with E-state index in [0.717, 1.165) is 57.9 Å². The van der Waals surface area contributed by atoms with E-state index in [1.807, 2.05) is 73.1 Å². The number of amides is 1. The van der Waals surface area contributed by atoms with Crippen LogP contribution in [-0.2, 0) is 11.8 Å². The minimum atomic E-state index is -0.915. The summed E-state index contributed by atoms with van der Waals surface area (Å²) < 4.78 is 21.8. The lowest BCUT2D eigenvalue weighted by atomic mass is 9.97. The van der Waals surface area contributed by atoms with Crippen LogP contribution >= 0.6 is 0 Å². The Labute approximate surface area is 241 Å². The van der Waals surface area contributed by atoms with E-state index in [-0.39, 0.29) is 12.1 Å². The lowest BCUT2D eigenvalue weighted by Crippen LogP contribution is -2.43. The Kier molecular flexibility index (Phi) is 6.18. The quantitative estimate of drug-likeness (QED) is 0.240. The molecule has 42 heavy (non-hydrogen) atoms. The van der Waals surface area contributed by atoms with Gasteiger partial charge in [-0.05, 0) is 79.8 Å². The van der Waals surface area contributed by atoms with Gasteiger partial charge in [-0.1, -0.05) is 12.7 Å². The highest BCUT2D eigenvalue weighted by Gasteiger charge is 2.40. The second-order valence-electron chi connectivity index (χ2n) is 10.8. The maximum atomic E-state index is 13.6. The molecule has 1 N–H and O–H groups in total. The number of aryl methyl sites for hydroxylation is 2. The van der Waals surface area contributed by atoms with Gasteiger partial charge in [0.25, 0.3) is 5.91 Å². The highest BCUT2D eigenvalue weighted by Crippen LogP contribution is 2.39. The van der Waals surface area contributed by atoms with Gasteiger partial charge in [0.05, 0.1) is 34.6 Å². The van der Waals surface area contributed by atoms with E-state index >= 15 is 0 Å². The van der Waals surface area contributed by atoms with Crippen molar-refractivity contribution in [3.05, 3.63) is 90.9 Å². The second kappa shape index (κ2) is 10.1. The summed E-state index contributed by atoms with van der Waals surface area (Å²) >= 11 is 0. The Balaban J connectivity index is 1.14. The van der Waals surface area contributed by atoms with Crippen molar-refractivity contribution in [1.82, 2.24) is 29.4 Å². The molecule has 1 fully saturated rings. The van der Waals surface area contributed by atoms with Crippen molar-refractivity contribution in [2.24, 2.45) is 7.05 Å². The first-order chi connectivity index (χ1) is 20.3. The molecule has 1 amide bonds. The van der Waals surface area contributed by atoms with Crippen molar-refractivity contribution < 1.29 is 13.9 Å². The predicted octanol–water partition coefficient (Wildman–Crippen LogP) is 6.39. The number of halogens is 1. The van der Waals surface area contributed by atoms with E-state index in [4.69, 9.17) is 9.72 Å². The molecule has 1 saturated heterocycles. The summed E-state index contributed by atoms with van der Waals surface area (Å²) in [6.45, 7) is 5.19. The van der Waals surface area contributed by atoms with Gasteiger partial charge >= 0.3 is 0 Å². The zero-order valence-corrected chi connectivity index (χ0v) is 23.2. The van der Waals surface area contributed by atoms with Gasteiger partial charge in [0, 0.05) is 24.8 Å². The molecule has 10 heteroatoms. The molecule has 5 aromatic rings. The van der Waals surface area contributed by atoms with E-state index in [1.165, 1.54) is 6.33 Å². The van der Waals surface area contributed by atoms with Crippen LogP contribution in [0.5, 0.6) is 11.5 Å². The molecular weight excluding hydrogens is 533 g/mol. The van der Waals surface area contributed by atoms with E-state index in [9.17, 15) is 9.18 Å². The average molecular weight is 562 g/mol. The summed E-state index contributed by atoms with van der Waals surface area (Å²) in [5, 5.41) is 3.39. The van der Waals surface area contributed by atoms with Crippen LogP contribution in [-0.4, -0.2) is 47.4 Å². The largest absolute Gasteiger partial charge is 0.457 e. The van der Waals surface area contributed by atoms with E-state index in [2.05, 4.69) is 26.8 Å². The Bertz CT molecular complexity index is 1930. The molecule has 5 heterocycles. The number of nitrogens with zero attached hydrogens (tertiary/aromatic N) is 6. The van der Waals surface area contributed by atoms with Crippen molar-refractivity contribution in [1.29, 1.82) is 0 Å². The summed E-state index contributed by atoms with van der Waals surface area (Å²) in [6, 6.07) is 15.4. The molecule has 2 atom stereocenters. The number of carbonyl (C=O) groups excluding carboxylic acids is 1. The number of ether oxygens (including phenoxy) is 1. The van der Waals surface area contributed by atoms with Gasteiger partial charge in [-0.2, -0.15) is 0 Å². The van der Waals surface area contributed by atoms with Crippen molar-refractivity contribution >= 4 is 45.1 Å². The molecule has 2 bridgehead atoms. The molecule has 0 aliphatic carbocycles. The molecule has 7 rings (SSSR count). The normalized spacial score (nSPS) is 17.9. The molecule has 0 radical (unpaired) electrons. The standard InChI is InChI=1S/C32H28FN7O2/c1-18-12-21(4-11-29(18)42-24-7-10-28-27(15-24)36-17-39(28)3)37-31-30-26(34-16-35-31)9-8-25(38-30)20-13-22-5-6-23(14-20)40(22)32(41)19(2)33/h4,7-13,15-17,22-23H,2,5-6,14H2,1,3H3,(H,34,35,37). The lowest BCUT2D eigenvalue weighted by molar-refractivity contribution is -0.130.